The molecule has 0 saturated heterocycles. The van der Waals surface area contributed by atoms with Gasteiger partial charge in [0.1, 0.15) is 17.0 Å². The zero-order valence-corrected chi connectivity index (χ0v) is 19.2. The van der Waals surface area contributed by atoms with E-state index < -0.39 is 5.97 Å². The lowest BCUT2D eigenvalue weighted by molar-refractivity contribution is -0.136. The van der Waals surface area contributed by atoms with Crippen molar-refractivity contribution in [2.75, 3.05) is 0 Å². The molecule has 34 heavy (non-hydrogen) atoms. The summed E-state index contributed by atoms with van der Waals surface area (Å²) >= 11 is 0. The van der Waals surface area contributed by atoms with Crippen LogP contribution in [0.4, 0.5) is 0 Å². The molecular weight excluding hydrogens is 434 g/mol. The van der Waals surface area contributed by atoms with E-state index in [1.165, 1.54) is 4.57 Å². The Hall–Kier alpha value is -4.07. The van der Waals surface area contributed by atoms with Crippen LogP contribution in [0.15, 0.2) is 64.2 Å². The second kappa shape index (κ2) is 9.82. The predicted molar refractivity (Wildman–Crippen MR) is 131 cm³/mol. The summed E-state index contributed by atoms with van der Waals surface area (Å²) in [5, 5.41) is 9.11. The van der Waals surface area contributed by atoms with E-state index in [4.69, 9.17) is 9.84 Å². The van der Waals surface area contributed by atoms with Crippen LogP contribution < -0.4 is 16.0 Å². The van der Waals surface area contributed by atoms with Crippen molar-refractivity contribution >= 4 is 17.0 Å². The Bertz CT molecular complexity index is 1440. The minimum atomic E-state index is -0.926. The first-order chi connectivity index (χ1) is 16.4. The highest BCUT2D eigenvalue weighted by atomic mass is 16.5. The van der Waals surface area contributed by atoms with E-state index in [2.05, 4.69) is 4.98 Å². The highest BCUT2D eigenvalue weighted by Gasteiger charge is 2.16. The van der Waals surface area contributed by atoms with Crippen molar-refractivity contribution < 1.29 is 14.6 Å². The number of hydrogen-bond donors (Lipinski definition) is 2. The van der Waals surface area contributed by atoms with Crippen LogP contribution in [-0.4, -0.2) is 25.2 Å². The number of rotatable bonds is 9. The van der Waals surface area contributed by atoms with Crippen LogP contribution in [0.2, 0.25) is 0 Å². The van der Waals surface area contributed by atoms with Gasteiger partial charge in [0, 0.05) is 24.3 Å². The van der Waals surface area contributed by atoms with Gasteiger partial charge in [-0.25, -0.2) is 4.79 Å². The third-order valence-corrected chi connectivity index (χ3v) is 5.61. The van der Waals surface area contributed by atoms with Gasteiger partial charge in [-0.1, -0.05) is 32.0 Å². The maximum absolute atomic E-state index is 13.0. The van der Waals surface area contributed by atoms with Gasteiger partial charge >= 0.3 is 11.7 Å². The molecule has 0 saturated carbocycles. The number of carboxylic acids is 1. The van der Waals surface area contributed by atoms with Gasteiger partial charge < -0.3 is 14.8 Å². The molecule has 0 atom stereocenters. The van der Waals surface area contributed by atoms with Gasteiger partial charge in [0.05, 0.1) is 11.9 Å². The molecule has 0 radical (unpaired) electrons. The highest BCUT2D eigenvalue weighted by molar-refractivity contribution is 5.82. The van der Waals surface area contributed by atoms with Crippen molar-refractivity contribution in [3.63, 3.8) is 0 Å². The number of aliphatic carboxylic acids is 1. The molecule has 176 valence electrons. The van der Waals surface area contributed by atoms with E-state index in [1.807, 2.05) is 32.0 Å². The molecule has 0 aliphatic carbocycles. The number of para-hydroxylation sites is 1. The second-order valence-corrected chi connectivity index (χ2v) is 8.14. The summed E-state index contributed by atoms with van der Waals surface area (Å²) < 4.78 is 8.87. The molecule has 0 aliphatic rings. The number of hydrogen-bond acceptors (Lipinski definition) is 4. The van der Waals surface area contributed by atoms with Crippen molar-refractivity contribution in [2.45, 2.75) is 46.2 Å². The lowest BCUT2D eigenvalue weighted by Gasteiger charge is -2.10. The molecule has 8 heteroatoms. The fourth-order valence-corrected chi connectivity index (χ4v) is 4.05. The predicted octanol–water partition coefficient (Wildman–Crippen LogP) is 4.40. The van der Waals surface area contributed by atoms with Crippen LogP contribution in [0, 0.1) is 0 Å². The number of aromatic amines is 1. The number of carbonyl (C=O) groups is 1. The molecule has 0 aliphatic heterocycles. The van der Waals surface area contributed by atoms with Gasteiger partial charge in [0.25, 0.3) is 5.56 Å². The Morgan fingerprint density at radius 1 is 0.971 bits per heavy atom. The normalized spacial score (nSPS) is 11.1. The van der Waals surface area contributed by atoms with E-state index in [0.29, 0.717) is 47.6 Å². The average Bonchev–Trinajstić information content (AvgIpc) is 3.26. The van der Waals surface area contributed by atoms with Crippen LogP contribution in [0.25, 0.3) is 22.3 Å². The van der Waals surface area contributed by atoms with Crippen LogP contribution in [-0.2, 0) is 24.3 Å². The van der Waals surface area contributed by atoms with Gasteiger partial charge in [0.15, 0.2) is 0 Å². The second-order valence-electron chi connectivity index (χ2n) is 8.14. The van der Waals surface area contributed by atoms with Gasteiger partial charge in [-0.05, 0) is 54.8 Å². The third kappa shape index (κ3) is 4.52. The standard InChI is InChI=1S/C26H27N3O5/c1-3-13-28-21-16-20(27-24(21)25(32)29(14-4-2)26(28)33)17-9-11-19(12-10-17)34-22-8-6-5-7-18(22)15-23(30)31/h5-12,16,27H,3-4,13-15H2,1-2H3,(H,30,31). The van der Waals surface area contributed by atoms with E-state index in [-0.39, 0.29) is 17.7 Å². The largest absolute Gasteiger partial charge is 0.481 e. The van der Waals surface area contributed by atoms with Crippen molar-refractivity contribution in [1.82, 2.24) is 14.1 Å². The molecule has 2 aromatic heterocycles. The number of carboxylic acid groups (broad SMARTS) is 1. The van der Waals surface area contributed by atoms with Crippen molar-refractivity contribution in [3.8, 4) is 22.8 Å². The number of nitrogens with one attached hydrogen (secondary N) is 1. The molecule has 2 heterocycles. The first-order valence-corrected chi connectivity index (χ1v) is 11.4. The Balaban J connectivity index is 1.69. The van der Waals surface area contributed by atoms with Crippen LogP contribution in [0.1, 0.15) is 32.3 Å². The summed E-state index contributed by atoms with van der Waals surface area (Å²) in [6.45, 7) is 4.83. The lowest BCUT2D eigenvalue weighted by atomic mass is 10.1. The monoisotopic (exact) mass is 461 g/mol. The molecular formula is C26H27N3O5. The number of aryl methyl sites for hydroxylation is 1. The van der Waals surface area contributed by atoms with Gasteiger partial charge in [-0.2, -0.15) is 0 Å². The molecule has 0 unspecified atom stereocenters. The quantitative estimate of drug-likeness (QED) is 0.384. The molecule has 0 spiro atoms. The van der Waals surface area contributed by atoms with E-state index in [1.54, 1.807) is 41.0 Å². The van der Waals surface area contributed by atoms with Gasteiger partial charge in [0.2, 0.25) is 0 Å². The minimum absolute atomic E-state index is 0.127. The van der Waals surface area contributed by atoms with Crippen molar-refractivity contribution in [2.24, 2.45) is 0 Å². The fourth-order valence-electron chi connectivity index (χ4n) is 4.05. The zero-order valence-electron chi connectivity index (χ0n) is 19.2. The minimum Gasteiger partial charge on any atom is -0.481 e. The van der Waals surface area contributed by atoms with Gasteiger partial charge in [-0.3, -0.25) is 18.7 Å². The Labute approximate surface area is 196 Å². The number of H-pyrrole nitrogens is 1. The number of aromatic nitrogens is 3. The summed E-state index contributed by atoms with van der Waals surface area (Å²) in [5.74, 6) is 0.124. The SMILES string of the molecule is CCCn1c(=O)c2[nH]c(-c3ccc(Oc4ccccc4CC(=O)O)cc3)cc2n(CCC)c1=O. The Morgan fingerprint density at radius 2 is 1.65 bits per heavy atom. The molecule has 0 amide bonds. The first kappa shape index (κ1) is 23.1. The molecule has 4 rings (SSSR count). The van der Waals surface area contributed by atoms with Gasteiger partial charge in [-0.15, -0.1) is 0 Å². The average molecular weight is 462 g/mol. The van der Waals surface area contributed by atoms with Crippen molar-refractivity contribution in [3.05, 3.63) is 81.0 Å². The highest BCUT2D eigenvalue weighted by Crippen LogP contribution is 2.29. The van der Waals surface area contributed by atoms with E-state index >= 15 is 0 Å². The summed E-state index contributed by atoms with van der Waals surface area (Å²) in [5.41, 5.74) is 2.57. The number of fused-ring (bicyclic) bond motifs is 1. The Morgan fingerprint density at radius 3 is 2.32 bits per heavy atom. The fraction of sp³-hybridized carbons (Fsp3) is 0.269. The summed E-state index contributed by atoms with van der Waals surface area (Å²) in [4.78, 5) is 40.2. The lowest BCUT2D eigenvalue weighted by Crippen LogP contribution is -2.39. The maximum atomic E-state index is 13.0. The Kier molecular flexibility index (Phi) is 6.67. The summed E-state index contributed by atoms with van der Waals surface area (Å²) in [6.07, 6.45) is 1.34. The molecule has 0 bridgehead atoms. The smallest absolute Gasteiger partial charge is 0.331 e. The topological polar surface area (TPSA) is 106 Å². The van der Waals surface area contributed by atoms with Crippen molar-refractivity contribution in [1.29, 1.82) is 0 Å². The molecule has 2 N–H and O–H groups in total. The number of ether oxygens (including phenoxy) is 1. The zero-order chi connectivity index (χ0) is 24.2. The molecule has 4 aromatic rings. The summed E-state index contributed by atoms with van der Waals surface area (Å²) in [6, 6.07) is 16.1. The van der Waals surface area contributed by atoms with Crippen LogP contribution in [0.3, 0.4) is 0 Å². The molecule has 0 fully saturated rings. The first-order valence-electron chi connectivity index (χ1n) is 11.4. The maximum Gasteiger partial charge on any atom is 0.331 e. The molecule has 2 aromatic carbocycles. The van der Waals surface area contributed by atoms with Crippen LogP contribution in [0.5, 0.6) is 11.5 Å². The number of nitrogens with zero attached hydrogens (tertiary/aromatic N) is 2. The number of benzene rings is 2. The summed E-state index contributed by atoms with van der Waals surface area (Å²) in [7, 11) is 0. The van der Waals surface area contributed by atoms with E-state index in [0.717, 1.165) is 17.7 Å². The molecule has 8 nitrogen and oxygen atoms in total. The van der Waals surface area contributed by atoms with Crippen LogP contribution >= 0.6 is 0 Å². The van der Waals surface area contributed by atoms with E-state index in [9.17, 15) is 14.4 Å². The third-order valence-electron chi connectivity index (χ3n) is 5.61.